The minimum Gasteiger partial charge on any atom is -0.258 e. The van der Waals surface area contributed by atoms with E-state index in [-0.39, 0.29) is 5.69 Å². The van der Waals surface area contributed by atoms with Crippen molar-refractivity contribution >= 4 is 17.4 Å². The summed E-state index contributed by atoms with van der Waals surface area (Å²) < 4.78 is 0. The largest absolute Gasteiger partial charge is 0.287 e. The molecule has 2 aromatic heterocycles. The quantitative estimate of drug-likeness (QED) is 0.402. The summed E-state index contributed by atoms with van der Waals surface area (Å²) in [6.07, 6.45) is 1.24. The van der Waals surface area contributed by atoms with Crippen LogP contribution in [0.3, 0.4) is 0 Å². The van der Waals surface area contributed by atoms with Crippen LogP contribution in [0.25, 0.3) is 11.3 Å². The second-order valence-electron chi connectivity index (χ2n) is 5.26. The van der Waals surface area contributed by atoms with E-state index in [2.05, 4.69) is 15.0 Å². The Labute approximate surface area is 143 Å². The molecule has 0 fully saturated rings. The van der Waals surface area contributed by atoms with Crippen molar-refractivity contribution in [2.24, 2.45) is 0 Å². The Morgan fingerprint density at radius 2 is 1.79 bits per heavy atom. The molecule has 0 unspecified atom stereocenters. The summed E-state index contributed by atoms with van der Waals surface area (Å²) in [5.41, 5.74) is 3.86. The van der Waals surface area contributed by atoms with Gasteiger partial charge in [0.2, 0.25) is 0 Å². The van der Waals surface area contributed by atoms with Crippen LogP contribution in [0.1, 0.15) is 11.3 Å². The maximum Gasteiger partial charge on any atom is 0.287 e. The van der Waals surface area contributed by atoms with Gasteiger partial charge in [-0.25, -0.2) is 15.0 Å². The first-order valence-electron chi connectivity index (χ1n) is 7.22. The number of benzene rings is 1. The Morgan fingerprint density at radius 3 is 2.42 bits per heavy atom. The Bertz CT molecular complexity index is 880. The Morgan fingerprint density at radius 1 is 1.04 bits per heavy atom. The Hall–Kier alpha value is -2.80. The fourth-order valence-corrected chi connectivity index (χ4v) is 2.86. The smallest absolute Gasteiger partial charge is 0.258 e. The normalized spacial score (nSPS) is 10.6. The van der Waals surface area contributed by atoms with Crippen LogP contribution in [-0.2, 0) is 0 Å². The zero-order valence-corrected chi connectivity index (χ0v) is 13.9. The van der Waals surface area contributed by atoms with Gasteiger partial charge in [-0.2, -0.15) is 0 Å². The average molecular weight is 338 g/mol. The van der Waals surface area contributed by atoms with Gasteiger partial charge in [-0.1, -0.05) is 29.8 Å². The third kappa shape index (κ3) is 3.75. The number of hydrogen-bond donors (Lipinski definition) is 0. The van der Waals surface area contributed by atoms with Crippen LogP contribution in [-0.4, -0.2) is 19.9 Å². The highest BCUT2D eigenvalue weighted by molar-refractivity contribution is 7.99. The van der Waals surface area contributed by atoms with Gasteiger partial charge in [-0.05, 0) is 37.7 Å². The number of aromatic nitrogens is 3. The van der Waals surface area contributed by atoms with Crippen LogP contribution in [0.4, 0.5) is 5.69 Å². The molecule has 2 heterocycles. The van der Waals surface area contributed by atoms with Crippen LogP contribution < -0.4 is 0 Å². The predicted octanol–water partition coefficient (Wildman–Crippen LogP) is 4.21. The van der Waals surface area contributed by atoms with Crippen LogP contribution in [0.2, 0.25) is 0 Å². The molecular weight excluding hydrogens is 324 g/mol. The van der Waals surface area contributed by atoms with E-state index < -0.39 is 4.92 Å². The van der Waals surface area contributed by atoms with Crippen molar-refractivity contribution in [3.63, 3.8) is 0 Å². The molecule has 0 atom stereocenters. The van der Waals surface area contributed by atoms with Gasteiger partial charge in [0.05, 0.1) is 10.6 Å². The zero-order valence-electron chi connectivity index (χ0n) is 13.1. The Kier molecular flexibility index (Phi) is 4.52. The van der Waals surface area contributed by atoms with E-state index in [9.17, 15) is 10.1 Å². The molecule has 120 valence electrons. The van der Waals surface area contributed by atoms with Crippen molar-refractivity contribution in [1.82, 2.24) is 15.0 Å². The van der Waals surface area contributed by atoms with Gasteiger partial charge in [0.25, 0.3) is 5.69 Å². The molecule has 0 N–H and O–H groups in total. The van der Waals surface area contributed by atoms with Gasteiger partial charge >= 0.3 is 0 Å². The third-order valence-electron chi connectivity index (χ3n) is 3.31. The Balaban J connectivity index is 1.88. The summed E-state index contributed by atoms with van der Waals surface area (Å²) in [5, 5.41) is 11.8. The molecule has 0 radical (unpaired) electrons. The zero-order chi connectivity index (χ0) is 17.1. The number of pyridine rings is 1. The fourth-order valence-electron chi connectivity index (χ4n) is 2.09. The first-order chi connectivity index (χ1) is 11.5. The van der Waals surface area contributed by atoms with Crippen molar-refractivity contribution in [1.29, 1.82) is 0 Å². The van der Waals surface area contributed by atoms with Crippen LogP contribution in [0.15, 0.2) is 58.8 Å². The molecule has 3 aromatic rings. The third-order valence-corrected chi connectivity index (χ3v) is 4.12. The first kappa shape index (κ1) is 16.1. The number of aryl methyl sites for hydroxylation is 2. The molecule has 0 amide bonds. The highest BCUT2D eigenvalue weighted by atomic mass is 32.2. The molecule has 0 spiro atoms. The number of hydrogen-bond acceptors (Lipinski definition) is 6. The lowest BCUT2D eigenvalue weighted by molar-refractivity contribution is -0.385. The summed E-state index contributed by atoms with van der Waals surface area (Å²) >= 11 is 1.28. The molecule has 0 saturated carbocycles. The maximum atomic E-state index is 10.7. The minimum absolute atomic E-state index is 0.0372. The van der Waals surface area contributed by atoms with Crippen molar-refractivity contribution < 1.29 is 4.92 Å². The van der Waals surface area contributed by atoms with E-state index in [1.807, 2.05) is 44.2 Å². The first-order valence-corrected chi connectivity index (χ1v) is 8.04. The number of nitrogens with zero attached hydrogens (tertiary/aromatic N) is 4. The number of nitro groups is 1. The predicted molar refractivity (Wildman–Crippen MR) is 92.0 cm³/mol. The molecule has 0 aliphatic heterocycles. The summed E-state index contributed by atoms with van der Waals surface area (Å²) in [6.45, 7) is 3.95. The second-order valence-corrected chi connectivity index (χ2v) is 6.24. The van der Waals surface area contributed by atoms with Crippen LogP contribution in [0, 0.1) is 24.0 Å². The lowest BCUT2D eigenvalue weighted by Crippen LogP contribution is -1.94. The van der Waals surface area contributed by atoms with Gasteiger partial charge in [0.1, 0.15) is 11.2 Å². The highest BCUT2D eigenvalue weighted by Crippen LogP contribution is 2.27. The van der Waals surface area contributed by atoms with Gasteiger partial charge < -0.3 is 0 Å². The van der Waals surface area contributed by atoms with E-state index in [0.717, 1.165) is 17.0 Å². The lowest BCUT2D eigenvalue weighted by Gasteiger charge is -2.06. The van der Waals surface area contributed by atoms with Crippen molar-refractivity contribution in [3.8, 4) is 11.3 Å². The van der Waals surface area contributed by atoms with Crippen molar-refractivity contribution in [3.05, 3.63) is 70.0 Å². The molecule has 0 aliphatic rings. The lowest BCUT2D eigenvalue weighted by atomic mass is 10.1. The fraction of sp³-hybridized carbons (Fsp3) is 0.118. The van der Waals surface area contributed by atoms with Gasteiger partial charge in [0.15, 0.2) is 5.16 Å². The van der Waals surface area contributed by atoms with Crippen LogP contribution in [0.5, 0.6) is 0 Å². The summed E-state index contributed by atoms with van der Waals surface area (Å²) in [7, 11) is 0. The van der Waals surface area contributed by atoms with Crippen molar-refractivity contribution in [2.45, 2.75) is 24.0 Å². The average Bonchev–Trinajstić information content (AvgIpc) is 2.55. The highest BCUT2D eigenvalue weighted by Gasteiger charge is 2.10. The molecule has 0 aliphatic carbocycles. The second kappa shape index (κ2) is 6.76. The van der Waals surface area contributed by atoms with Crippen molar-refractivity contribution in [2.75, 3.05) is 0 Å². The van der Waals surface area contributed by atoms with Gasteiger partial charge in [0, 0.05) is 17.3 Å². The SMILES string of the molecule is Cc1ccc(-c2cc(C)nc(Sc3ccc([N+](=O)[O-])cn3)n2)cc1. The summed E-state index contributed by atoms with van der Waals surface area (Å²) in [4.78, 5) is 23.3. The van der Waals surface area contributed by atoms with Gasteiger partial charge in [-0.3, -0.25) is 10.1 Å². The molecule has 0 bridgehead atoms. The van der Waals surface area contributed by atoms with Crippen LogP contribution >= 0.6 is 11.8 Å². The van der Waals surface area contributed by atoms with E-state index in [0.29, 0.717) is 10.2 Å². The summed E-state index contributed by atoms with van der Waals surface area (Å²) in [5.74, 6) is 0. The van der Waals surface area contributed by atoms with E-state index in [4.69, 9.17) is 0 Å². The van der Waals surface area contributed by atoms with Gasteiger partial charge in [-0.15, -0.1) is 0 Å². The molecule has 6 nitrogen and oxygen atoms in total. The summed E-state index contributed by atoms with van der Waals surface area (Å²) in [6, 6.07) is 13.1. The molecular formula is C17H14N4O2S. The van der Waals surface area contributed by atoms with E-state index in [1.165, 1.54) is 29.6 Å². The standard InChI is InChI=1S/C17H14N4O2S/c1-11-3-5-13(6-4-11)15-9-12(2)19-17(20-15)24-16-8-7-14(10-18-16)21(22)23/h3-10H,1-2H3. The molecule has 1 aromatic carbocycles. The molecule has 7 heteroatoms. The molecule has 0 saturated heterocycles. The van der Waals surface area contributed by atoms with E-state index >= 15 is 0 Å². The minimum atomic E-state index is -0.472. The topological polar surface area (TPSA) is 81.8 Å². The monoisotopic (exact) mass is 338 g/mol. The maximum absolute atomic E-state index is 10.7. The molecule has 3 rings (SSSR count). The van der Waals surface area contributed by atoms with E-state index in [1.54, 1.807) is 6.07 Å². The number of rotatable bonds is 4. The molecule has 24 heavy (non-hydrogen) atoms.